The second kappa shape index (κ2) is 16.8. The van der Waals surface area contributed by atoms with Gasteiger partial charge in [0.25, 0.3) is 0 Å². The van der Waals surface area contributed by atoms with Gasteiger partial charge in [0.05, 0.1) is 48.4 Å². The summed E-state index contributed by atoms with van der Waals surface area (Å²) in [6, 6.07) is 12.6. The Hall–Kier alpha value is -4.21. The Kier molecular flexibility index (Phi) is 12.8. The van der Waals surface area contributed by atoms with Crippen LogP contribution in [0.5, 0.6) is 34.5 Å². The van der Waals surface area contributed by atoms with E-state index >= 15 is 0 Å². The van der Waals surface area contributed by atoms with E-state index in [4.69, 9.17) is 28.4 Å². The fourth-order valence-electron chi connectivity index (χ4n) is 6.85. The summed E-state index contributed by atoms with van der Waals surface area (Å²) >= 11 is 0. The molecule has 2 aromatic carbocycles. The molecule has 4 rings (SSSR count). The van der Waals surface area contributed by atoms with E-state index in [0.717, 1.165) is 67.8 Å². The predicted octanol–water partition coefficient (Wildman–Crippen LogP) is 7.38. The second-order valence-electron chi connectivity index (χ2n) is 12.7. The Morgan fingerprint density at radius 1 is 0.875 bits per heavy atom. The van der Waals surface area contributed by atoms with E-state index < -0.39 is 0 Å². The van der Waals surface area contributed by atoms with Crippen molar-refractivity contribution in [3.8, 4) is 45.8 Å². The minimum Gasteiger partial charge on any atom is -0.493 e. The molecule has 2 heterocycles. The molecule has 0 bridgehead atoms. The first-order chi connectivity index (χ1) is 23.1. The number of nitrogens with zero attached hydrogens (tertiary/aromatic N) is 3. The molecule has 1 aromatic heterocycles. The molecule has 0 radical (unpaired) electrons. The average Bonchev–Trinajstić information content (AvgIpc) is 3.10. The number of aromatic nitrogens is 1. The fraction of sp³-hybridized carbons (Fsp3) is 0.462. The zero-order valence-corrected chi connectivity index (χ0v) is 30.2. The number of hydrogen-bond acceptors (Lipinski definition) is 9. The molecule has 1 aliphatic rings. The van der Waals surface area contributed by atoms with Crippen LogP contribution in [0.2, 0.25) is 0 Å². The first-order valence-electron chi connectivity index (χ1n) is 16.4. The summed E-state index contributed by atoms with van der Waals surface area (Å²) in [6.45, 7) is 12.8. The second-order valence-corrected chi connectivity index (χ2v) is 12.7. The van der Waals surface area contributed by atoms with Crippen LogP contribution in [0.3, 0.4) is 0 Å². The van der Waals surface area contributed by atoms with Crippen molar-refractivity contribution in [3.05, 3.63) is 72.5 Å². The predicted molar refractivity (Wildman–Crippen MR) is 193 cm³/mol. The maximum atomic E-state index is 5.60. The van der Waals surface area contributed by atoms with Crippen LogP contribution >= 0.6 is 0 Å². The Labute approximate surface area is 287 Å². The zero-order valence-electron chi connectivity index (χ0n) is 30.2. The third kappa shape index (κ3) is 8.62. The first-order valence-corrected chi connectivity index (χ1v) is 16.4. The number of piperidine rings is 1. The summed E-state index contributed by atoms with van der Waals surface area (Å²) in [7, 11) is 12.0. The number of benzene rings is 2. The van der Waals surface area contributed by atoms with Gasteiger partial charge < -0.3 is 33.3 Å². The van der Waals surface area contributed by atoms with Crippen molar-refractivity contribution in [1.82, 2.24) is 14.8 Å². The van der Waals surface area contributed by atoms with E-state index in [0.29, 0.717) is 40.5 Å². The minimum atomic E-state index is -0.0781. The maximum Gasteiger partial charge on any atom is 0.203 e. The standard InChI is InChI=1S/C39H53N3O6/c1-11-15-39(3,24-27(2)29-20-33(43-5)37(47-9)34(21-29)44-6)26-42-17-13-31(14-18-42)41(4)25-28-12-16-40-32(19-28)30-22-35(45-7)38(48-10)36(23-30)46-8/h11-12,15-16,19-23,31H,2,13-14,17-18,24-26H2,1,3-10H3/b15-11-. The number of methoxy groups -OCH3 is 6. The fourth-order valence-corrected chi connectivity index (χ4v) is 6.85. The lowest BCUT2D eigenvalue weighted by Crippen LogP contribution is -2.46. The summed E-state index contributed by atoms with van der Waals surface area (Å²) in [4.78, 5) is 9.73. The minimum absolute atomic E-state index is 0.0781. The van der Waals surface area contributed by atoms with Crippen LogP contribution in [0.1, 0.15) is 44.2 Å². The summed E-state index contributed by atoms with van der Waals surface area (Å²) in [6.07, 6.45) is 9.39. The van der Waals surface area contributed by atoms with Crippen LogP contribution in [0, 0.1) is 5.41 Å². The molecule has 9 heteroatoms. The van der Waals surface area contributed by atoms with Crippen molar-refractivity contribution in [2.45, 2.75) is 45.7 Å². The van der Waals surface area contributed by atoms with Crippen LogP contribution < -0.4 is 28.4 Å². The highest BCUT2D eigenvalue weighted by atomic mass is 16.5. The molecule has 1 atom stereocenters. The van der Waals surface area contributed by atoms with Gasteiger partial charge in [-0.2, -0.15) is 0 Å². The van der Waals surface area contributed by atoms with Gasteiger partial charge in [-0.15, -0.1) is 0 Å². The Balaban J connectivity index is 1.39. The van der Waals surface area contributed by atoms with Crippen LogP contribution in [-0.4, -0.2) is 90.2 Å². The molecule has 1 saturated heterocycles. The molecule has 1 fully saturated rings. The van der Waals surface area contributed by atoms with Gasteiger partial charge in [0.2, 0.25) is 11.5 Å². The smallest absolute Gasteiger partial charge is 0.203 e. The summed E-state index contributed by atoms with van der Waals surface area (Å²) in [5.41, 5.74) is 4.94. The normalized spacial score (nSPS) is 15.3. The average molecular weight is 660 g/mol. The van der Waals surface area contributed by atoms with Gasteiger partial charge >= 0.3 is 0 Å². The van der Waals surface area contributed by atoms with E-state index in [1.54, 1.807) is 42.7 Å². The molecule has 0 saturated carbocycles. The number of likely N-dealkylation sites (tertiary alicyclic amines) is 1. The highest BCUT2D eigenvalue weighted by Gasteiger charge is 2.30. The summed E-state index contributed by atoms with van der Waals surface area (Å²) < 4.78 is 33.3. The highest BCUT2D eigenvalue weighted by molar-refractivity contribution is 5.71. The molecular formula is C39H53N3O6. The van der Waals surface area contributed by atoms with Gasteiger partial charge in [-0.1, -0.05) is 25.7 Å². The number of hydrogen-bond donors (Lipinski definition) is 0. The Bertz CT molecular complexity index is 1520. The molecule has 0 aliphatic carbocycles. The quantitative estimate of drug-likeness (QED) is 0.146. The lowest BCUT2D eigenvalue weighted by molar-refractivity contribution is 0.102. The van der Waals surface area contributed by atoms with E-state index in [9.17, 15) is 0 Å². The van der Waals surface area contributed by atoms with Crippen LogP contribution in [0.25, 0.3) is 16.8 Å². The third-order valence-electron chi connectivity index (χ3n) is 9.24. The molecule has 0 N–H and O–H groups in total. The van der Waals surface area contributed by atoms with E-state index in [2.05, 4.69) is 66.5 Å². The van der Waals surface area contributed by atoms with Gasteiger partial charge in [-0.3, -0.25) is 9.88 Å². The molecule has 3 aromatic rings. The van der Waals surface area contributed by atoms with Crippen LogP contribution in [0.4, 0.5) is 0 Å². The van der Waals surface area contributed by atoms with Crippen molar-refractivity contribution in [1.29, 1.82) is 0 Å². The van der Waals surface area contributed by atoms with Gasteiger partial charge in [-0.05, 0) is 99.4 Å². The van der Waals surface area contributed by atoms with E-state index in [1.807, 2.05) is 30.5 Å². The number of pyridine rings is 1. The molecule has 0 spiro atoms. The van der Waals surface area contributed by atoms with Crippen LogP contribution in [-0.2, 0) is 6.54 Å². The number of rotatable bonds is 16. The molecule has 9 nitrogen and oxygen atoms in total. The van der Waals surface area contributed by atoms with Crippen molar-refractivity contribution < 1.29 is 28.4 Å². The lowest BCUT2D eigenvalue weighted by Gasteiger charge is -2.40. The molecule has 1 aliphatic heterocycles. The van der Waals surface area contributed by atoms with Crippen LogP contribution in [0.15, 0.2) is 61.3 Å². The molecular weight excluding hydrogens is 606 g/mol. The lowest BCUT2D eigenvalue weighted by atomic mass is 9.80. The summed E-state index contributed by atoms with van der Waals surface area (Å²) in [5.74, 6) is 3.65. The zero-order chi connectivity index (χ0) is 34.8. The Morgan fingerprint density at radius 2 is 1.42 bits per heavy atom. The third-order valence-corrected chi connectivity index (χ3v) is 9.24. The van der Waals surface area contributed by atoms with Crippen molar-refractivity contribution in [3.63, 3.8) is 0 Å². The van der Waals surface area contributed by atoms with Crippen molar-refractivity contribution in [2.75, 3.05) is 69.3 Å². The van der Waals surface area contributed by atoms with E-state index in [-0.39, 0.29) is 5.41 Å². The molecule has 260 valence electrons. The number of allylic oxidation sites excluding steroid dienone is 2. The first kappa shape index (κ1) is 36.6. The van der Waals surface area contributed by atoms with Gasteiger partial charge in [0.1, 0.15) is 0 Å². The largest absolute Gasteiger partial charge is 0.493 e. The monoisotopic (exact) mass is 659 g/mol. The van der Waals surface area contributed by atoms with Gasteiger partial charge in [0.15, 0.2) is 23.0 Å². The van der Waals surface area contributed by atoms with E-state index in [1.165, 1.54) is 5.56 Å². The SMILES string of the molecule is C=C(CC(C)(/C=C\C)CN1CCC(N(C)Cc2ccnc(-c3cc(OC)c(OC)c(OC)c3)c2)CC1)c1cc(OC)c(OC)c(OC)c1. The summed E-state index contributed by atoms with van der Waals surface area (Å²) in [5, 5.41) is 0. The molecule has 1 unspecified atom stereocenters. The molecule has 0 amide bonds. The maximum absolute atomic E-state index is 5.60. The Morgan fingerprint density at radius 3 is 1.92 bits per heavy atom. The van der Waals surface area contributed by atoms with Gasteiger partial charge in [-0.25, -0.2) is 0 Å². The highest BCUT2D eigenvalue weighted by Crippen LogP contribution is 2.43. The number of ether oxygens (including phenoxy) is 6. The topological polar surface area (TPSA) is 74.8 Å². The van der Waals surface area contributed by atoms with Crippen molar-refractivity contribution in [2.24, 2.45) is 5.41 Å². The van der Waals surface area contributed by atoms with Gasteiger partial charge in [0, 0.05) is 36.3 Å². The molecule has 48 heavy (non-hydrogen) atoms. The van der Waals surface area contributed by atoms with Crippen molar-refractivity contribution >= 4 is 5.57 Å².